The van der Waals surface area contributed by atoms with Gasteiger partial charge >= 0.3 is 0 Å². The molecular formula is C16H25F2N3. The molecular weight excluding hydrogens is 272 g/mol. The molecule has 1 aromatic carbocycles. The van der Waals surface area contributed by atoms with E-state index in [1.807, 2.05) is 0 Å². The molecule has 3 nitrogen and oxygen atoms in total. The normalized spacial score (nSPS) is 21.4. The molecule has 1 saturated heterocycles. The van der Waals surface area contributed by atoms with Crippen molar-refractivity contribution in [3.8, 4) is 0 Å². The number of likely N-dealkylation sites (N-methyl/N-ethyl adjacent to an activating group) is 2. The van der Waals surface area contributed by atoms with Crippen molar-refractivity contribution in [1.82, 2.24) is 15.1 Å². The van der Waals surface area contributed by atoms with E-state index in [4.69, 9.17) is 0 Å². The van der Waals surface area contributed by atoms with E-state index in [9.17, 15) is 8.78 Å². The highest BCUT2D eigenvalue weighted by molar-refractivity contribution is 5.23. The first kappa shape index (κ1) is 16.3. The molecule has 0 radical (unpaired) electrons. The van der Waals surface area contributed by atoms with Crippen LogP contribution < -0.4 is 5.32 Å². The van der Waals surface area contributed by atoms with Crippen LogP contribution in [0.4, 0.5) is 8.78 Å². The monoisotopic (exact) mass is 297 g/mol. The minimum Gasteiger partial charge on any atom is -0.312 e. The Morgan fingerprint density at radius 3 is 2.62 bits per heavy atom. The molecule has 1 atom stereocenters. The van der Waals surface area contributed by atoms with Crippen LogP contribution in [-0.2, 0) is 0 Å². The van der Waals surface area contributed by atoms with Gasteiger partial charge in [-0.2, -0.15) is 0 Å². The van der Waals surface area contributed by atoms with Crippen LogP contribution in [-0.4, -0.2) is 55.6 Å². The summed E-state index contributed by atoms with van der Waals surface area (Å²) in [5.41, 5.74) is 0.492. The third-order valence-electron chi connectivity index (χ3n) is 4.54. The van der Waals surface area contributed by atoms with E-state index in [0.29, 0.717) is 12.1 Å². The quantitative estimate of drug-likeness (QED) is 0.919. The summed E-state index contributed by atoms with van der Waals surface area (Å²) in [4.78, 5) is 4.65. The Balaban J connectivity index is 2.11. The lowest BCUT2D eigenvalue weighted by Gasteiger charge is -2.46. The van der Waals surface area contributed by atoms with E-state index in [1.165, 1.54) is 0 Å². The minimum absolute atomic E-state index is 0.0943. The molecule has 0 saturated carbocycles. The Hall–Kier alpha value is -1.04. The third-order valence-corrected chi connectivity index (χ3v) is 4.54. The highest BCUT2D eigenvalue weighted by Crippen LogP contribution is 2.24. The number of nitrogens with zero attached hydrogens (tertiary/aromatic N) is 2. The van der Waals surface area contributed by atoms with Gasteiger partial charge in [-0.25, -0.2) is 8.78 Å². The second kappa shape index (κ2) is 6.38. The van der Waals surface area contributed by atoms with Crippen LogP contribution >= 0.6 is 0 Å². The molecule has 1 fully saturated rings. The van der Waals surface area contributed by atoms with Crippen LogP contribution in [0.1, 0.15) is 25.5 Å². The van der Waals surface area contributed by atoms with Crippen molar-refractivity contribution in [2.24, 2.45) is 0 Å². The van der Waals surface area contributed by atoms with Gasteiger partial charge in [-0.1, -0.05) is 12.1 Å². The van der Waals surface area contributed by atoms with E-state index in [1.54, 1.807) is 19.2 Å². The number of nitrogens with one attached hydrogen (secondary N) is 1. The molecule has 0 amide bonds. The van der Waals surface area contributed by atoms with Gasteiger partial charge in [-0.05, 0) is 34.0 Å². The molecule has 0 spiro atoms. The summed E-state index contributed by atoms with van der Waals surface area (Å²) < 4.78 is 27.4. The minimum atomic E-state index is -0.786. The zero-order valence-electron chi connectivity index (χ0n) is 13.3. The molecule has 1 heterocycles. The highest BCUT2D eigenvalue weighted by atomic mass is 19.2. The summed E-state index contributed by atoms with van der Waals surface area (Å²) in [7, 11) is 3.91. The van der Waals surface area contributed by atoms with Crippen LogP contribution in [0.3, 0.4) is 0 Å². The van der Waals surface area contributed by atoms with Crippen LogP contribution in [0.25, 0.3) is 0 Å². The zero-order chi connectivity index (χ0) is 15.6. The van der Waals surface area contributed by atoms with E-state index in [-0.39, 0.29) is 11.6 Å². The van der Waals surface area contributed by atoms with Gasteiger partial charge in [0.15, 0.2) is 11.6 Å². The summed E-state index contributed by atoms with van der Waals surface area (Å²) >= 11 is 0. The molecule has 2 rings (SSSR count). The molecule has 0 bridgehead atoms. The summed E-state index contributed by atoms with van der Waals surface area (Å²) in [6, 6.07) is 4.16. The SMILES string of the molecule is CNC(CN1CCN(C)C(C)(C)C1)c1cccc(F)c1F. The van der Waals surface area contributed by atoms with Gasteiger partial charge in [-0.15, -0.1) is 0 Å². The Labute approximate surface area is 125 Å². The number of halogens is 2. The van der Waals surface area contributed by atoms with E-state index in [2.05, 4.69) is 36.0 Å². The Bertz CT molecular complexity index is 490. The second-order valence-corrected chi connectivity index (χ2v) is 6.45. The summed E-state index contributed by atoms with van der Waals surface area (Å²) in [5.74, 6) is -1.53. The third kappa shape index (κ3) is 3.59. The largest absolute Gasteiger partial charge is 0.312 e. The lowest BCUT2D eigenvalue weighted by molar-refractivity contribution is 0.0353. The van der Waals surface area contributed by atoms with E-state index < -0.39 is 11.6 Å². The first-order valence-electron chi connectivity index (χ1n) is 7.40. The number of benzene rings is 1. The fraction of sp³-hybridized carbons (Fsp3) is 0.625. The molecule has 1 N–H and O–H groups in total. The average Bonchev–Trinajstić information content (AvgIpc) is 2.43. The summed E-state index contributed by atoms with van der Waals surface area (Å²) in [5, 5.41) is 3.11. The van der Waals surface area contributed by atoms with Crippen molar-refractivity contribution < 1.29 is 8.78 Å². The number of hydrogen-bond acceptors (Lipinski definition) is 3. The van der Waals surface area contributed by atoms with Gasteiger partial charge in [0.25, 0.3) is 0 Å². The van der Waals surface area contributed by atoms with Crippen molar-refractivity contribution in [1.29, 1.82) is 0 Å². The van der Waals surface area contributed by atoms with Gasteiger partial charge in [0.1, 0.15) is 0 Å². The molecule has 5 heteroatoms. The molecule has 1 aromatic rings. The Morgan fingerprint density at radius 1 is 1.29 bits per heavy atom. The molecule has 21 heavy (non-hydrogen) atoms. The summed E-state index contributed by atoms with van der Waals surface area (Å²) in [6.45, 7) is 7.92. The topological polar surface area (TPSA) is 18.5 Å². The molecule has 118 valence electrons. The molecule has 1 aliphatic heterocycles. The van der Waals surface area contributed by atoms with Gasteiger partial charge in [0.2, 0.25) is 0 Å². The maximum atomic E-state index is 14.0. The van der Waals surface area contributed by atoms with Crippen molar-refractivity contribution in [2.45, 2.75) is 25.4 Å². The van der Waals surface area contributed by atoms with Crippen molar-refractivity contribution in [3.05, 3.63) is 35.4 Å². The fourth-order valence-corrected chi connectivity index (χ4v) is 2.89. The lowest BCUT2D eigenvalue weighted by atomic mass is 9.98. The smallest absolute Gasteiger partial charge is 0.163 e. The van der Waals surface area contributed by atoms with Crippen LogP contribution in [0.5, 0.6) is 0 Å². The molecule has 1 unspecified atom stereocenters. The van der Waals surface area contributed by atoms with Crippen molar-refractivity contribution in [2.75, 3.05) is 40.3 Å². The van der Waals surface area contributed by atoms with Crippen LogP contribution in [0, 0.1) is 11.6 Å². The fourth-order valence-electron chi connectivity index (χ4n) is 2.89. The van der Waals surface area contributed by atoms with Crippen LogP contribution in [0.2, 0.25) is 0 Å². The predicted octanol–water partition coefficient (Wildman–Crippen LogP) is 2.25. The van der Waals surface area contributed by atoms with Crippen LogP contribution in [0.15, 0.2) is 18.2 Å². The molecule has 0 aliphatic carbocycles. The van der Waals surface area contributed by atoms with Gasteiger partial charge in [0, 0.05) is 43.3 Å². The van der Waals surface area contributed by atoms with Gasteiger partial charge in [0.05, 0.1) is 0 Å². The first-order chi connectivity index (χ1) is 9.85. The van der Waals surface area contributed by atoms with Gasteiger partial charge in [-0.3, -0.25) is 9.80 Å². The number of piperazine rings is 1. The average molecular weight is 297 g/mol. The van der Waals surface area contributed by atoms with E-state index in [0.717, 1.165) is 25.7 Å². The number of hydrogen-bond donors (Lipinski definition) is 1. The van der Waals surface area contributed by atoms with E-state index >= 15 is 0 Å². The Kier molecular flexibility index (Phi) is 4.96. The maximum absolute atomic E-state index is 14.0. The van der Waals surface area contributed by atoms with Gasteiger partial charge < -0.3 is 5.32 Å². The summed E-state index contributed by atoms with van der Waals surface area (Å²) in [6.07, 6.45) is 0. The lowest BCUT2D eigenvalue weighted by Crippen LogP contribution is -2.58. The Morgan fingerprint density at radius 2 is 2.00 bits per heavy atom. The molecule has 0 aromatic heterocycles. The maximum Gasteiger partial charge on any atom is 0.163 e. The standard InChI is InChI=1S/C16H25F2N3/c1-16(2)11-21(9-8-20(16)4)10-14(19-3)12-6-5-7-13(17)15(12)18/h5-7,14,19H,8-11H2,1-4H3. The zero-order valence-corrected chi connectivity index (χ0v) is 13.3. The van der Waals surface area contributed by atoms with Crippen molar-refractivity contribution >= 4 is 0 Å². The van der Waals surface area contributed by atoms with Crippen molar-refractivity contribution in [3.63, 3.8) is 0 Å². The highest BCUT2D eigenvalue weighted by Gasteiger charge is 2.32. The first-order valence-corrected chi connectivity index (χ1v) is 7.40. The predicted molar refractivity (Wildman–Crippen MR) is 81.3 cm³/mol. The molecule has 1 aliphatic rings. The number of rotatable bonds is 4. The second-order valence-electron chi connectivity index (χ2n) is 6.45.